The lowest BCUT2D eigenvalue weighted by atomic mass is 10.1. The van der Waals surface area contributed by atoms with Crippen molar-refractivity contribution in [3.63, 3.8) is 0 Å². The second-order valence-corrected chi connectivity index (χ2v) is 4.34. The molecule has 16 heavy (non-hydrogen) atoms. The number of carboxylic acids is 1. The Bertz CT molecular complexity index is 410. The number of benzene rings is 1. The van der Waals surface area contributed by atoms with Crippen molar-refractivity contribution in [3.8, 4) is 0 Å². The maximum atomic E-state index is 11.2. The van der Waals surface area contributed by atoms with Crippen LogP contribution in [0.1, 0.15) is 35.7 Å². The summed E-state index contributed by atoms with van der Waals surface area (Å²) in [5.41, 5.74) is 2.28. The Balaban J connectivity index is 2.41. The second kappa shape index (κ2) is 4.16. The number of hydrogen-bond donors (Lipinski definition) is 1. The Kier molecular flexibility index (Phi) is 2.86. The number of aryl methyl sites for hydroxylation is 1. The number of hydrogen-bond acceptors (Lipinski definition) is 2. The summed E-state index contributed by atoms with van der Waals surface area (Å²) >= 11 is 0. The number of carboxylic acid groups (broad SMARTS) is 1. The highest BCUT2D eigenvalue weighted by atomic mass is 16.4. The average Bonchev–Trinajstić information content (AvgIpc) is 3.05. The van der Waals surface area contributed by atoms with Crippen LogP contribution in [0.2, 0.25) is 0 Å². The van der Waals surface area contributed by atoms with Gasteiger partial charge >= 0.3 is 5.97 Å². The van der Waals surface area contributed by atoms with E-state index in [1.165, 1.54) is 12.8 Å². The molecule has 0 atom stereocenters. The topological polar surface area (TPSA) is 40.5 Å². The SMILES string of the molecule is CCN(c1ccc(C)cc1C(=O)O)C1CC1. The molecule has 0 amide bonds. The molecule has 1 saturated carbocycles. The normalized spacial score (nSPS) is 14.9. The van der Waals surface area contributed by atoms with Crippen LogP contribution in [0.15, 0.2) is 18.2 Å². The molecule has 1 aliphatic rings. The molecule has 86 valence electrons. The first-order valence-electron chi connectivity index (χ1n) is 5.74. The van der Waals surface area contributed by atoms with Gasteiger partial charge in [-0.1, -0.05) is 11.6 Å². The number of anilines is 1. The van der Waals surface area contributed by atoms with Gasteiger partial charge in [-0.15, -0.1) is 0 Å². The lowest BCUT2D eigenvalue weighted by molar-refractivity contribution is 0.0697. The van der Waals surface area contributed by atoms with Crippen molar-refractivity contribution in [2.45, 2.75) is 32.7 Å². The second-order valence-electron chi connectivity index (χ2n) is 4.34. The minimum atomic E-state index is -0.835. The molecule has 0 aromatic heterocycles. The number of carbonyl (C=O) groups is 1. The standard InChI is InChI=1S/C13H17NO2/c1-3-14(10-5-6-10)12-7-4-9(2)8-11(12)13(15)16/h4,7-8,10H,3,5-6H2,1-2H3,(H,15,16). The Labute approximate surface area is 95.7 Å². The summed E-state index contributed by atoms with van der Waals surface area (Å²) in [7, 11) is 0. The van der Waals surface area contributed by atoms with Gasteiger partial charge in [0.05, 0.1) is 11.3 Å². The van der Waals surface area contributed by atoms with Gasteiger partial charge in [-0.3, -0.25) is 0 Å². The molecule has 3 heteroatoms. The fourth-order valence-corrected chi connectivity index (χ4v) is 2.08. The third-order valence-corrected chi connectivity index (χ3v) is 3.02. The van der Waals surface area contributed by atoms with Crippen LogP contribution >= 0.6 is 0 Å². The maximum absolute atomic E-state index is 11.2. The highest BCUT2D eigenvalue weighted by molar-refractivity contribution is 5.94. The van der Waals surface area contributed by atoms with Crippen molar-refractivity contribution in [1.29, 1.82) is 0 Å². The minimum Gasteiger partial charge on any atom is -0.478 e. The summed E-state index contributed by atoms with van der Waals surface area (Å²) in [5, 5.41) is 9.21. The summed E-state index contributed by atoms with van der Waals surface area (Å²) < 4.78 is 0. The summed E-state index contributed by atoms with van der Waals surface area (Å²) in [6.45, 7) is 4.86. The molecule has 1 fully saturated rings. The fraction of sp³-hybridized carbons (Fsp3) is 0.462. The lowest BCUT2D eigenvalue weighted by Gasteiger charge is -2.24. The lowest BCUT2D eigenvalue weighted by Crippen LogP contribution is -2.27. The fourth-order valence-electron chi connectivity index (χ4n) is 2.08. The first kappa shape index (κ1) is 11.0. The van der Waals surface area contributed by atoms with Crippen LogP contribution < -0.4 is 4.90 Å². The van der Waals surface area contributed by atoms with E-state index in [-0.39, 0.29) is 0 Å². The smallest absolute Gasteiger partial charge is 0.337 e. The molecular weight excluding hydrogens is 202 g/mol. The number of rotatable bonds is 4. The van der Waals surface area contributed by atoms with Gasteiger partial charge in [0.15, 0.2) is 0 Å². The molecule has 0 saturated heterocycles. The summed E-state index contributed by atoms with van der Waals surface area (Å²) in [6, 6.07) is 6.21. The van der Waals surface area contributed by atoms with Crippen molar-refractivity contribution >= 4 is 11.7 Å². The van der Waals surface area contributed by atoms with Crippen LogP contribution in [0.25, 0.3) is 0 Å². The van der Waals surface area contributed by atoms with E-state index in [1.54, 1.807) is 6.07 Å². The van der Waals surface area contributed by atoms with Crippen LogP contribution in [-0.2, 0) is 0 Å². The van der Waals surface area contributed by atoms with Gasteiger partial charge in [-0.25, -0.2) is 4.79 Å². The largest absolute Gasteiger partial charge is 0.478 e. The zero-order chi connectivity index (χ0) is 11.7. The van der Waals surface area contributed by atoms with Crippen LogP contribution in [0.5, 0.6) is 0 Å². The van der Waals surface area contributed by atoms with Crippen molar-refractivity contribution in [1.82, 2.24) is 0 Å². The van der Waals surface area contributed by atoms with Crippen molar-refractivity contribution < 1.29 is 9.90 Å². The van der Waals surface area contributed by atoms with Crippen LogP contribution in [0.3, 0.4) is 0 Å². The van der Waals surface area contributed by atoms with Crippen LogP contribution in [0, 0.1) is 6.92 Å². The molecule has 0 radical (unpaired) electrons. The van der Waals surface area contributed by atoms with Crippen molar-refractivity contribution in [3.05, 3.63) is 29.3 Å². The maximum Gasteiger partial charge on any atom is 0.337 e. The monoisotopic (exact) mass is 219 g/mol. The summed E-state index contributed by atoms with van der Waals surface area (Å²) in [4.78, 5) is 13.4. The Morgan fingerprint density at radius 3 is 2.69 bits per heavy atom. The van der Waals surface area contributed by atoms with Crippen molar-refractivity contribution in [2.75, 3.05) is 11.4 Å². The quantitative estimate of drug-likeness (QED) is 0.846. The van der Waals surface area contributed by atoms with E-state index in [1.807, 2.05) is 19.1 Å². The van der Waals surface area contributed by atoms with Gasteiger partial charge < -0.3 is 10.0 Å². The molecule has 3 nitrogen and oxygen atoms in total. The predicted molar refractivity (Wildman–Crippen MR) is 64.2 cm³/mol. The zero-order valence-electron chi connectivity index (χ0n) is 9.73. The molecule has 1 N–H and O–H groups in total. The molecule has 2 rings (SSSR count). The van der Waals surface area contributed by atoms with E-state index in [0.717, 1.165) is 17.8 Å². The average molecular weight is 219 g/mol. The van der Waals surface area contributed by atoms with E-state index in [0.29, 0.717) is 11.6 Å². The van der Waals surface area contributed by atoms with Gasteiger partial charge in [-0.2, -0.15) is 0 Å². The molecule has 0 unspecified atom stereocenters. The van der Waals surface area contributed by atoms with Crippen LogP contribution in [0.4, 0.5) is 5.69 Å². The Morgan fingerprint density at radius 2 is 2.19 bits per heavy atom. The first-order valence-corrected chi connectivity index (χ1v) is 5.74. The predicted octanol–water partition coefficient (Wildman–Crippen LogP) is 2.68. The highest BCUT2D eigenvalue weighted by Crippen LogP contribution is 2.33. The van der Waals surface area contributed by atoms with E-state index in [9.17, 15) is 9.90 Å². The van der Waals surface area contributed by atoms with E-state index >= 15 is 0 Å². The van der Waals surface area contributed by atoms with Gasteiger partial charge in [0.25, 0.3) is 0 Å². The molecule has 0 heterocycles. The molecule has 1 aromatic rings. The Morgan fingerprint density at radius 1 is 1.50 bits per heavy atom. The third kappa shape index (κ3) is 2.03. The van der Waals surface area contributed by atoms with Crippen LogP contribution in [-0.4, -0.2) is 23.7 Å². The number of aromatic carboxylic acids is 1. The van der Waals surface area contributed by atoms with Gasteiger partial charge in [0.1, 0.15) is 0 Å². The molecule has 0 spiro atoms. The Hall–Kier alpha value is -1.51. The molecule has 1 aromatic carbocycles. The van der Waals surface area contributed by atoms with Gasteiger partial charge in [0, 0.05) is 12.6 Å². The van der Waals surface area contributed by atoms with E-state index in [2.05, 4.69) is 11.8 Å². The zero-order valence-corrected chi connectivity index (χ0v) is 9.73. The van der Waals surface area contributed by atoms with E-state index in [4.69, 9.17) is 0 Å². The molecule has 0 aliphatic heterocycles. The van der Waals surface area contributed by atoms with Crippen molar-refractivity contribution in [2.24, 2.45) is 0 Å². The third-order valence-electron chi connectivity index (χ3n) is 3.02. The first-order chi connectivity index (χ1) is 7.63. The van der Waals surface area contributed by atoms with Gasteiger partial charge in [0.2, 0.25) is 0 Å². The summed E-state index contributed by atoms with van der Waals surface area (Å²) in [6.07, 6.45) is 2.36. The molecule has 0 bridgehead atoms. The van der Waals surface area contributed by atoms with E-state index < -0.39 is 5.97 Å². The highest BCUT2D eigenvalue weighted by Gasteiger charge is 2.30. The molecule has 1 aliphatic carbocycles. The minimum absolute atomic E-state index is 0.425. The molecular formula is C13H17NO2. The number of nitrogens with zero attached hydrogens (tertiary/aromatic N) is 1. The summed E-state index contributed by atoms with van der Waals surface area (Å²) in [5.74, 6) is -0.835. The van der Waals surface area contributed by atoms with Gasteiger partial charge in [-0.05, 0) is 38.8 Å².